The van der Waals surface area contributed by atoms with Crippen molar-refractivity contribution in [2.75, 3.05) is 18.5 Å². The molecule has 1 amide bonds. The van der Waals surface area contributed by atoms with Crippen molar-refractivity contribution in [3.8, 4) is 11.5 Å². The van der Waals surface area contributed by atoms with Gasteiger partial charge in [-0.15, -0.1) is 0 Å². The van der Waals surface area contributed by atoms with Crippen molar-refractivity contribution >= 4 is 17.3 Å². The summed E-state index contributed by atoms with van der Waals surface area (Å²) in [4.78, 5) is 12.3. The molecule has 0 unspecified atom stereocenters. The molecule has 2 heterocycles. The lowest BCUT2D eigenvalue weighted by molar-refractivity contribution is -0.129. The Kier molecular flexibility index (Phi) is 3.60. The average molecular weight is 340 g/mol. The minimum absolute atomic E-state index is 0.173. The first-order valence-electron chi connectivity index (χ1n) is 7.78. The van der Waals surface area contributed by atoms with E-state index in [4.69, 9.17) is 9.47 Å². The van der Waals surface area contributed by atoms with Crippen LogP contribution >= 0.6 is 0 Å². The molecule has 4 rings (SSSR count). The van der Waals surface area contributed by atoms with Crippen LogP contribution in [-0.4, -0.2) is 29.4 Å². The number of para-hydroxylation sites is 1. The highest BCUT2D eigenvalue weighted by atomic mass is 16.6. The fourth-order valence-electron chi connectivity index (χ4n) is 3.01. The quantitative estimate of drug-likeness (QED) is 0.634. The summed E-state index contributed by atoms with van der Waals surface area (Å²) < 4.78 is 11.0. The molecular weight excluding hydrogens is 324 g/mol. The van der Waals surface area contributed by atoms with Gasteiger partial charge in [0, 0.05) is 16.8 Å². The topological polar surface area (TPSA) is 100 Å². The molecule has 7 heteroatoms. The third-order valence-electron chi connectivity index (χ3n) is 4.26. The molecule has 2 aromatic carbocycles. The molecule has 0 bridgehead atoms. The summed E-state index contributed by atoms with van der Waals surface area (Å²) in [7, 11) is 0. The molecular formula is C18H16N2O5. The Morgan fingerprint density at radius 3 is 2.72 bits per heavy atom. The van der Waals surface area contributed by atoms with Crippen molar-refractivity contribution in [2.24, 2.45) is 0 Å². The first kappa shape index (κ1) is 15.5. The number of amides is 1. The van der Waals surface area contributed by atoms with E-state index in [0.717, 1.165) is 0 Å². The average Bonchev–Trinajstić information content (AvgIpc) is 2.90. The van der Waals surface area contributed by atoms with Crippen LogP contribution in [0.3, 0.4) is 0 Å². The maximum atomic E-state index is 12.3. The minimum Gasteiger partial charge on any atom is -0.486 e. The van der Waals surface area contributed by atoms with E-state index in [2.05, 4.69) is 10.8 Å². The number of aliphatic hydroxyl groups is 1. The first-order valence-corrected chi connectivity index (χ1v) is 7.78. The highest BCUT2D eigenvalue weighted by molar-refractivity contribution is 6.07. The summed E-state index contributed by atoms with van der Waals surface area (Å²) in [5.41, 5.74) is 1.83. The van der Waals surface area contributed by atoms with E-state index in [1.165, 1.54) is 6.08 Å². The number of hydrogen-bond donors (Lipinski definition) is 4. The lowest BCUT2D eigenvalue weighted by atomic mass is 9.93. The Morgan fingerprint density at radius 1 is 1.16 bits per heavy atom. The zero-order valence-corrected chi connectivity index (χ0v) is 13.2. The number of benzene rings is 2. The molecule has 0 saturated heterocycles. The largest absolute Gasteiger partial charge is 0.486 e. The first-order chi connectivity index (χ1) is 12.1. The number of nitrogens with one attached hydrogen (secondary N) is 2. The van der Waals surface area contributed by atoms with Gasteiger partial charge >= 0.3 is 0 Å². The fourth-order valence-corrected chi connectivity index (χ4v) is 3.01. The smallest absolute Gasteiger partial charge is 0.265 e. The summed E-state index contributed by atoms with van der Waals surface area (Å²) in [6.07, 6.45) is 1.28. The molecule has 0 saturated carbocycles. The van der Waals surface area contributed by atoms with E-state index in [9.17, 15) is 15.1 Å². The molecule has 0 spiro atoms. The minimum atomic E-state index is -1.89. The molecule has 2 aliphatic rings. The van der Waals surface area contributed by atoms with Crippen molar-refractivity contribution in [1.29, 1.82) is 0 Å². The Balaban J connectivity index is 1.77. The maximum absolute atomic E-state index is 12.3. The second-order valence-corrected chi connectivity index (χ2v) is 5.79. The van der Waals surface area contributed by atoms with Crippen molar-refractivity contribution < 1.29 is 24.6 Å². The zero-order chi connectivity index (χ0) is 17.4. The van der Waals surface area contributed by atoms with Crippen LogP contribution in [0.1, 0.15) is 11.1 Å². The molecule has 4 N–H and O–H groups in total. The fraction of sp³-hybridized carbons (Fsp3) is 0.167. The third kappa shape index (κ3) is 2.50. The van der Waals surface area contributed by atoms with E-state index < -0.39 is 11.5 Å². The number of hydrogen-bond acceptors (Lipinski definition) is 6. The summed E-state index contributed by atoms with van der Waals surface area (Å²) in [6, 6.07) is 11.9. The molecule has 2 aliphatic heterocycles. The van der Waals surface area contributed by atoms with Crippen LogP contribution in [0.2, 0.25) is 0 Å². The van der Waals surface area contributed by atoms with Crippen molar-refractivity contribution in [3.05, 3.63) is 59.7 Å². The van der Waals surface area contributed by atoms with Crippen LogP contribution in [-0.2, 0) is 10.4 Å². The molecule has 1 atom stereocenters. The van der Waals surface area contributed by atoms with Gasteiger partial charge in [-0.25, -0.2) is 0 Å². The number of fused-ring (bicyclic) bond motifs is 2. The van der Waals surface area contributed by atoms with Crippen LogP contribution in [0.5, 0.6) is 11.5 Å². The van der Waals surface area contributed by atoms with Gasteiger partial charge in [0.25, 0.3) is 5.91 Å². The predicted octanol–water partition coefficient (Wildman–Crippen LogP) is 1.62. The maximum Gasteiger partial charge on any atom is 0.265 e. The summed E-state index contributed by atoms with van der Waals surface area (Å²) >= 11 is 0. The molecule has 0 fully saturated rings. The Bertz CT molecular complexity index is 880. The van der Waals surface area contributed by atoms with Crippen molar-refractivity contribution in [3.63, 3.8) is 0 Å². The van der Waals surface area contributed by atoms with Gasteiger partial charge in [0.2, 0.25) is 0 Å². The van der Waals surface area contributed by atoms with Gasteiger partial charge in [0.05, 0.1) is 5.70 Å². The number of anilines is 1. The highest BCUT2D eigenvalue weighted by Crippen LogP contribution is 2.39. The van der Waals surface area contributed by atoms with Crippen LogP contribution < -0.4 is 20.3 Å². The summed E-state index contributed by atoms with van der Waals surface area (Å²) in [5, 5.41) is 23.1. The molecule has 0 radical (unpaired) electrons. The Hall–Kier alpha value is -3.03. The van der Waals surface area contributed by atoms with Crippen LogP contribution in [0, 0.1) is 0 Å². The van der Waals surface area contributed by atoms with Gasteiger partial charge in [0.15, 0.2) is 17.1 Å². The van der Waals surface area contributed by atoms with Gasteiger partial charge in [0.1, 0.15) is 13.2 Å². The SMILES string of the molecule is O=C1Nc2ccccc2[C@]1(O)/C=C(/NO)c1ccc2c(c1)OCCO2. The second-order valence-electron chi connectivity index (χ2n) is 5.79. The number of rotatable bonds is 3. The molecule has 0 aliphatic carbocycles. The van der Waals surface area contributed by atoms with E-state index in [0.29, 0.717) is 41.5 Å². The standard InChI is InChI=1S/C18H16N2O5/c21-17-18(22,12-3-1-2-4-13(12)19-17)10-14(20-23)11-5-6-15-16(9-11)25-8-7-24-15/h1-6,9-10,20,22-23H,7-8H2,(H,19,21)/b14-10+/t18-/m1/s1. The van der Waals surface area contributed by atoms with E-state index in [1.807, 2.05) is 0 Å². The summed E-state index contributed by atoms with van der Waals surface area (Å²) in [6.45, 7) is 0.909. The number of ether oxygens (including phenoxy) is 2. The molecule has 7 nitrogen and oxygen atoms in total. The number of carbonyl (C=O) groups is 1. The predicted molar refractivity (Wildman–Crippen MR) is 89.3 cm³/mol. The highest BCUT2D eigenvalue weighted by Gasteiger charge is 2.43. The Morgan fingerprint density at radius 2 is 1.92 bits per heavy atom. The van der Waals surface area contributed by atoms with Crippen molar-refractivity contribution in [1.82, 2.24) is 5.48 Å². The number of carbonyl (C=O) groups excluding carboxylic acids is 1. The molecule has 0 aromatic heterocycles. The van der Waals surface area contributed by atoms with Gasteiger partial charge < -0.3 is 19.9 Å². The molecule has 2 aromatic rings. The second kappa shape index (κ2) is 5.80. The Labute approximate surface area is 143 Å². The van der Waals surface area contributed by atoms with Gasteiger partial charge in [-0.3, -0.25) is 15.5 Å². The number of hydroxylamine groups is 1. The lowest BCUT2D eigenvalue weighted by Crippen LogP contribution is -2.33. The van der Waals surface area contributed by atoms with E-state index in [-0.39, 0.29) is 5.70 Å². The van der Waals surface area contributed by atoms with Gasteiger partial charge in [-0.05, 0) is 30.3 Å². The third-order valence-corrected chi connectivity index (χ3v) is 4.26. The van der Waals surface area contributed by atoms with E-state index in [1.54, 1.807) is 42.5 Å². The van der Waals surface area contributed by atoms with Crippen molar-refractivity contribution in [2.45, 2.75) is 5.60 Å². The lowest BCUT2D eigenvalue weighted by Gasteiger charge is -2.21. The van der Waals surface area contributed by atoms with Gasteiger partial charge in [-0.2, -0.15) is 0 Å². The molecule has 128 valence electrons. The molecule has 25 heavy (non-hydrogen) atoms. The van der Waals surface area contributed by atoms with Crippen LogP contribution in [0.15, 0.2) is 48.5 Å². The van der Waals surface area contributed by atoms with Crippen LogP contribution in [0.25, 0.3) is 5.70 Å². The normalized spacial score (nSPS) is 21.5. The van der Waals surface area contributed by atoms with Gasteiger partial charge in [-0.1, -0.05) is 18.2 Å². The zero-order valence-electron chi connectivity index (χ0n) is 13.2. The van der Waals surface area contributed by atoms with E-state index >= 15 is 0 Å². The monoisotopic (exact) mass is 340 g/mol. The van der Waals surface area contributed by atoms with Crippen LogP contribution in [0.4, 0.5) is 5.69 Å². The summed E-state index contributed by atoms with van der Waals surface area (Å²) in [5.74, 6) is 0.558.